The molecule has 6 nitrogen and oxygen atoms in total. The minimum absolute atomic E-state index is 0.164. The van der Waals surface area contributed by atoms with Crippen LogP contribution in [0.3, 0.4) is 0 Å². The Morgan fingerprint density at radius 2 is 1.58 bits per heavy atom. The Balaban J connectivity index is 1.60. The molecule has 182 valence electrons. The van der Waals surface area contributed by atoms with Crippen LogP contribution in [0.5, 0.6) is 0 Å². The van der Waals surface area contributed by atoms with E-state index in [1.807, 2.05) is 48.5 Å². The third-order valence-electron chi connectivity index (χ3n) is 6.88. The maximum absolute atomic E-state index is 13.6. The number of benzene rings is 2. The number of nitrogens with zero attached hydrogens (tertiary/aromatic N) is 3. The molecule has 3 heterocycles. The molecule has 1 aliphatic heterocycles. The summed E-state index contributed by atoms with van der Waals surface area (Å²) in [6.45, 7) is 3.27. The summed E-state index contributed by atoms with van der Waals surface area (Å²) in [5.74, 6) is 0.572. The number of piperazine rings is 1. The maximum Gasteiger partial charge on any atom is 0.262 e. The van der Waals surface area contributed by atoms with Crippen LogP contribution in [0.15, 0.2) is 53.3 Å². The van der Waals surface area contributed by atoms with Crippen molar-refractivity contribution in [1.29, 1.82) is 0 Å². The van der Waals surface area contributed by atoms with Crippen molar-refractivity contribution >= 4 is 51.8 Å². The SMILES string of the molecule is O=c1[nH]c(N2CCNCC2)nc2nc3c(c(-c4ccc(Cl)cc4)c12)CCC/C3=C\c1ccc(Cl)cc1. The predicted molar refractivity (Wildman–Crippen MR) is 148 cm³/mol. The Morgan fingerprint density at radius 3 is 2.31 bits per heavy atom. The summed E-state index contributed by atoms with van der Waals surface area (Å²) in [7, 11) is 0. The molecule has 2 aliphatic rings. The molecule has 0 saturated carbocycles. The van der Waals surface area contributed by atoms with Gasteiger partial charge in [0.15, 0.2) is 5.65 Å². The van der Waals surface area contributed by atoms with Crippen molar-refractivity contribution in [2.75, 3.05) is 31.1 Å². The highest BCUT2D eigenvalue weighted by molar-refractivity contribution is 6.31. The third kappa shape index (κ3) is 4.41. The molecule has 1 aliphatic carbocycles. The van der Waals surface area contributed by atoms with Crippen LogP contribution in [-0.4, -0.2) is 41.1 Å². The molecule has 0 atom stereocenters. The number of rotatable bonds is 3. The van der Waals surface area contributed by atoms with E-state index >= 15 is 0 Å². The molecule has 0 spiro atoms. The number of H-pyrrole nitrogens is 1. The molecular weight excluding hydrogens is 493 g/mol. The standard InChI is InChI=1S/C28H25Cl2N5O/c29-20-8-4-17(5-9-20)16-19-2-1-3-22-23(18-6-10-21(30)11-7-18)24-26(32-25(19)22)33-28(34-27(24)36)35-14-12-31-13-15-35/h4-11,16,31H,1-3,12-15H2,(H,32,33,34,36)/b19-16+. The summed E-state index contributed by atoms with van der Waals surface area (Å²) < 4.78 is 0. The van der Waals surface area contributed by atoms with Crippen LogP contribution in [0, 0.1) is 0 Å². The van der Waals surface area contributed by atoms with Gasteiger partial charge in [-0.3, -0.25) is 9.78 Å². The van der Waals surface area contributed by atoms with E-state index in [0.29, 0.717) is 27.0 Å². The molecular formula is C28H25Cl2N5O. The number of nitrogens with one attached hydrogen (secondary N) is 2. The molecule has 0 unspecified atom stereocenters. The van der Waals surface area contributed by atoms with Crippen molar-refractivity contribution in [1.82, 2.24) is 20.3 Å². The maximum atomic E-state index is 13.6. The second-order valence-corrected chi connectivity index (χ2v) is 10.1. The molecule has 6 rings (SSSR count). The van der Waals surface area contributed by atoms with E-state index in [1.165, 1.54) is 0 Å². The number of halogens is 2. The van der Waals surface area contributed by atoms with Gasteiger partial charge < -0.3 is 10.2 Å². The molecule has 2 aromatic heterocycles. The predicted octanol–water partition coefficient (Wildman–Crippen LogP) is 5.58. The molecule has 8 heteroatoms. The van der Waals surface area contributed by atoms with Gasteiger partial charge in [-0.2, -0.15) is 4.98 Å². The van der Waals surface area contributed by atoms with Gasteiger partial charge in [0.05, 0.1) is 11.1 Å². The first-order valence-electron chi connectivity index (χ1n) is 12.2. The number of aromatic nitrogens is 3. The van der Waals surface area contributed by atoms with Crippen LogP contribution < -0.4 is 15.8 Å². The van der Waals surface area contributed by atoms with E-state index in [4.69, 9.17) is 33.2 Å². The van der Waals surface area contributed by atoms with Crippen molar-refractivity contribution in [3.8, 4) is 11.1 Å². The molecule has 0 radical (unpaired) electrons. The van der Waals surface area contributed by atoms with Gasteiger partial charge in [-0.1, -0.05) is 47.5 Å². The average Bonchev–Trinajstić information content (AvgIpc) is 2.90. The zero-order valence-electron chi connectivity index (χ0n) is 19.7. The van der Waals surface area contributed by atoms with Crippen LogP contribution in [0.1, 0.15) is 29.7 Å². The molecule has 1 saturated heterocycles. The first-order valence-corrected chi connectivity index (χ1v) is 13.0. The van der Waals surface area contributed by atoms with Gasteiger partial charge in [0.25, 0.3) is 5.56 Å². The molecule has 2 aromatic carbocycles. The number of hydrogen-bond acceptors (Lipinski definition) is 5. The Kier molecular flexibility index (Phi) is 6.25. The molecule has 36 heavy (non-hydrogen) atoms. The van der Waals surface area contributed by atoms with Gasteiger partial charge in [-0.25, -0.2) is 4.98 Å². The lowest BCUT2D eigenvalue weighted by atomic mass is 9.84. The lowest BCUT2D eigenvalue weighted by Gasteiger charge is -2.28. The number of hydrogen-bond donors (Lipinski definition) is 2. The molecule has 0 amide bonds. The minimum Gasteiger partial charge on any atom is -0.340 e. The number of aromatic amines is 1. The molecule has 0 bridgehead atoms. The fraction of sp³-hybridized carbons (Fsp3) is 0.250. The number of anilines is 1. The summed E-state index contributed by atoms with van der Waals surface area (Å²) >= 11 is 12.3. The number of allylic oxidation sites excluding steroid dienone is 1. The topological polar surface area (TPSA) is 73.9 Å². The summed E-state index contributed by atoms with van der Waals surface area (Å²) in [6.07, 6.45) is 4.89. The highest BCUT2D eigenvalue weighted by Crippen LogP contribution is 2.40. The fourth-order valence-electron chi connectivity index (χ4n) is 5.14. The van der Waals surface area contributed by atoms with Crippen LogP contribution >= 0.6 is 23.2 Å². The summed E-state index contributed by atoms with van der Waals surface area (Å²) in [5.41, 5.74) is 6.35. The molecule has 1 fully saturated rings. The van der Waals surface area contributed by atoms with Gasteiger partial charge >= 0.3 is 0 Å². The zero-order chi connectivity index (χ0) is 24.6. The highest BCUT2D eigenvalue weighted by Gasteiger charge is 2.26. The van der Waals surface area contributed by atoms with E-state index in [-0.39, 0.29) is 5.56 Å². The normalized spacial score (nSPS) is 16.9. The fourth-order valence-corrected chi connectivity index (χ4v) is 5.40. The van der Waals surface area contributed by atoms with Crippen LogP contribution in [0.2, 0.25) is 10.0 Å². The number of fused-ring (bicyclic) bond motifs is 2. The van der Waals surface area contributed by atoms with Crippen molar-refractivity contribution < 1.29 is 0 Å². The van der Waals surface area contributed by atoms with E-state index in [2.05, 4.69) is 21.3 Å². The van der Waals surface area contributed by atoms with Crippen molar-refractivity contribution in [2.24, 2.45) is 0 Å². The van der Waals surface area contributed by atoms with Crippen LogP contribution in [-0.2, 0) is 6.42 Å². The number of pyridine rings is 1. The van der Waals surface area contributed by atoms with E-state index in [0.717, 1.165) is 79.0 Å². The van der Waals surface area contributed by atoms with Crippen LogP contribution in [0.25, 0.3) is 33.8 Å². The average molecular weight is 518 g/mol. The van der Waals surface area contributed by atoms with E-state index in [9.17, 15) is 4.79 Å². The van der Waals surface area contributed by atoms with Crippen molar-refractivity contribution in [2.45, 2.75) is 19.3 Å². The van der Waals surface area contributed by atoms with Gasteiger partial charge in [-0.05, 0) is 71.9 Å². The highest BCUT2D eigenvalue weighted by atomic mass is 35.5. The molecule has 2 N–H and O–H groups in total. The first kappa shape index (κ1) is 23.2. The summed E-state index contributed by atoms with van der Waals surface area (Å²) in [6, 6.07) is 15.5. The van der Waals surface area contributed by atoms with E-state index < -0.39 is 0 Å². The monoisotopic (exact) mass is 517 g/mol. The lowest BCUT2D eigenvalue weighted by molar-refractivity contribution is 0.580. The van der Waals surface area contributed by atoms with Gasteiger partial charge in [0.1, 0.15) is 0 Å². The smallest absolute Gasteiger partial charge is 0.262 e. The summed E-state index contributed by atoms with van der Waals surface area (Å²) in [4.78, 5) is 28.6. The zero-order valence-corrected chi connectivity index (χ0v) is 21.2. The minimum atomic E-state index is -0.164. The Hall–Kier alpha value is -3.19. The second-order valence-electron chi connectivity index (χ2n) is 9.22. The second kappa shape index (κ2) is 9.69. The van der Waals surface area contributed by atoms with E-state index in [1.54, 1.807) is 0 Å². The van der Waals surface area contributed by atoms with Gasteiger partial charge in [0.2, 0.25) is 5.95 Å². The Morgan fingerprint density at radius 1 is 0.889 bits per heavy atom. The van der Waals surface area contributed by atoms with Crippen molar-refractivity contribution in [3.63, 3.8) is 0 Å². The molecule has 4 aromatic rings. The van der Waals surface area contributed by atoms with Crippen LogP contribution in [0.4, 0.5) is 5.95 Å². The van der Waals surface area contributed by atoms with Gasteiger partial charge in [0, 0.05) is 41.8 Å². The summed E-state index contributed by atoms with van der Waals surface area (Å²) in [5, 5.41) is 5.23. The quantitative estimate of drug-likeness (QED) is 0.371. The first-order chi connectivity index (χ1) is 17.6. The largest absolute Gasteiger partial charge is 0.340 e. The Labute approximate surface area is 219 Å². The lowest BCUT2D eigenvalue weighted by Crippen LogP contribution is -2.44. The van der Waals surface area contributed by atoms with Crippen molar-refractivity contribution in [3.05, 3.63) is 85.8 Å². The van der Waals surface area contributed by atoms with Gasteiger partial charge in [-0.15, -0.1) is 0 Å². The third-order valence-corrected chi connectivity index (χ3v) is 7.38. The Bertz CT molecular complexity index is 1520.